The molecule has 0 spiro atoms. The summed E-state index contributed by atoms with van der Waals surface area (Å²) in [4.78, 5) is 0. The Morgan fingerprint density at radius 1 is 0.759 bits per heavy atom. The Balaban J connectivity index is 1.88. The second-order valence-corrected chi connectivity index (χ2v) is 7.62. The zero-order valence-electron chi connectivity index (χ0n) is 17.5. The van der Waals surface area contributed by atoms with Gasteiger partial charge in [-0.25, -0.2) is 0 Å². The smallest absolute Gasteiger partial charge is 0.170 e. The van der Waals surface area contributed by atoms with Crippen LogP contribution in [0, 0.1) is 13.8 Å². The van der Waals surface area contributed by atoms with Crippen LogP contribution in [0.3, 0.4) is 0 Å². The molecule has 4 nitrogen and oxygen atoms in total. The summed E-state index contributed by atoms with van der Waals surface area (Å²) in [6.07, 6.45) is -0.633. The minimum Gasteiger partial charge on any atom is -0.453 e. The molecule has 152 valence electrons. The molecule has 2 N–H and O–H groups in total. The van der Waals surface area contributed by atoms with E-state index in [0.29, 0.717) is 24.1 Å². The number of rotatable bonds is 8. The molecule has 1 atom stereocenters. The normalized spacial score (nSPS) is 12.1. The fourth-order valence-corrected chi connectivity index (χ4v) is 2.83. The quantitative estimate of drug-likeness (QED) is 0.500. The van der Waals surface area contributed by atoms with Crippen molar-refractivity contribution >= 4 is 0 Å². The Hall–Kier alpha value is -2.82. The molecule has 1 unspecified atom stereocenters. The topological polar surface area (TPSA) is 50.7 Å². The SMILES string of the molecule is Cc1ccc(Oc2ccc(C(O)CNC(C)C)cc2Oc2ccc(C)cc2)cc1. The summed E-state index contributed by atoms with van der Waals surface area (Å²) in [5, 5.41) is 13.8. The number of hydrogen-bond donors (Lipinski definition) is 2. The number of benzene rings is 3. The predicted molar refractivity (Wildman–Crippen MR) is 117 cm³/mol. The highest BCUT2D eigenvalue weighted by atomic mass is 16.5. The van der Waals surface area contributed by atoms with Crippen molar-refractivity contribution in [3.05, 3.63) is 83.4 Å². The molecule has 0 heterocycles. The van der Waals surface area contributed by atoms with Crippen molar-refractivity contribution in [2.45, 2.75) is 39.8 Å². The van der Waals surface area contributed by atoms with Crippen LogP contribution in [0.2, 0.25) is 0 Å². The molecule has 0 aliphatic heterocycles. The van der Waals surface area contributed by atoms with Crippen molar-refractivity contribution in [3.8, 4) is 23.0 Å². The maximum Gasteiger partial charge on any atom is 0.170 e. The highest BCUT2D eigenvalue weighted by Gasteiger charge is 2.14. The molecule has 0 aliphatic carbocycles. The molecule has 0 aromatic heterocycles. The molecule has 3 aromatic rings. The molecule has 0 radical (unpaired) electrons. The van der Waals surface area contributed by atoms with Crippen molar-refractivity contribution in [1.29, 1.82) is 0 Å². The first kappa shape index (κ1) is 20.9. The summed E-state index contributed by atoms with van der Waals surface area (Å²) in [5.74, 6) is 2.62. The van der Waals surface area contributed by atoms with Gasteiger partial charge in [0, 0.05) is 12.6 Å². The van der Waals surface area contributed by atoms with Crippen LogP contribution in [0.4, 0.5) is 0 Å². The molecule has 0 saturated carbocycles. The second-order valence-electron chi connectivity index (χ2n) is 7.62. The maximum absolute atomic E-state index is 10.5. The zero-order valence-corrected chi connectivity index (χ0v) is 17.5. The van der Waals surface area contributed by atoms with Gasteiger partial charge in [0.05, 0.1) is 6.10 Å². The van der Waals surface area contributed by atoms with Gasteiger partial charge in [-0.15, -0.1) is 0 Å². The number of aliphatic hydroxyl groups is 1. The van der Waals surface area contributed by atoms with E-state index in [2.05, 4.69) is 19.2 Å². The molecule has 29 heavy (non-hydrogen) atoms. The average molecular weight is 392 g/mol. The van der Waals surface area contributed by atoms with Crippen molar-refractivity contribution in [3.63, 3.8) is 0 Å². The van der Waals surface area contributed by atoms with Crippen molar-refractivity contribution in [2.24, 2.45) is 0 Å². The summed E-state index contributed by atoms with van der Waals surface area (Å²) in [5.41, 5.74) is 3.11. The standard InChI is InChI=1S/C25H29NO3/c1-17(2)26-16-23(27)20-9-14-24(28-21-10-5-18(3)6-11-21)25(15-20)29-22-12-7-19(4)8-13-22/h5-15,17,23,26-27H,16H2,1-4H3. The van der Waals surface area contributed by atoms with Gasteiger partial charge in [0.2, 0.25) is 0 Å². The lowest BCUT2D eigenvalue weighted by atomic mass is 10.1. The summed E-state index contributed by atoms with van der Waals surface area (Å²) < 4.78 is 12.2. The lowest BCUT2D eigenvalue weighted by Crippen LogP contribution is -2.27. The molecular formula is C25H29NO3. The average Bonchev–Trinajstić information content (AvgIpc) is 2.70. The predicted octanol–water partition coefficient (Wildman–Crippen LogP) is 5.92. The third kappa shape index (κ3) is 6.08. The summed E-state index contributed by atoms with van der Waals surface area (Å²) in [6.45, 7) is 8.65. The van der Waals surface area contributed by atoms with Gasteiger partial charge in [-0.05, 0) is 55.8 Å². The molecule has 0 aliphatic rings. The third-order valence-electron chi connectivity index (χ3n) is 4.57. The van der Waals surface area contributed by atoms with Gasteiger partial charge in [0.25, 0.3) is 0 Å². The van der Waals surface area contributed by atoms with Gasteiger partial charge in [0.1, 0.15) is 11.5 Å². The van der Waals surface area contributed by atoms with E-state index in [1.165, 1.54) is 5.56 Å². The summed E-state index contributed by atoms with van der Waals surface area (Å²) >= 11 is 0. The monoisotopic (exact) mass is 391 g/mol. The van der Waals surface area contributed by atoms with E-state index in [9.17, 15) is 5.11 Å². The van der Waals surface area contributed by atoms with Crippen LogP contribution in [-0.2, 0) is 0 Å². The van der Waals surface area contributed by atoms with Crippen LogP contribution >= 0.6 is 0 Å². The zero-order chi connectivity index (χ0) is 20.8. The Morgan fingerprint density at radius 2 is 1.28 bits per heavy atom. The van der Waals surface area contributed by atoms with Gasteiger partial charge in [0.15, 0.2) is 11.5 Å². The first-order valence-corrected chi connectivity index (χ1v) is 9.95. The molecule has 4 heteroatoms. The molecule has 0 amide bonds. The first-order chi connectivity index (χ1) is 13.9. The largest absolute Gasteiger partial charge is 0.453 e. The van der Waals surface area contributed by atoms with Crippen molar-refractivity contribution < 1.29 is 14.6 Å². The minimum atomic E-state index is -0.633. The minimum absolute atomic E-state index is 0.303. The Morgan fingerprint density at radius 3 is 1.79 bits per heavy atom. The highest BCUT2D eigenvalue weighted by molar-refractivity contribution is 5.48. The number of nitrogens with one attached hydrogen (secondary N) is 1. The Bertz CT molecular complexity index is 918. The van der Waals surface area contributed by atoms with Crippen LogP contribution in [0.15, 0.2) is 66.7 Å². The van der Waals surface area contributed by atoms with E-state index in [-0.39, 0.29) is 0 Å². The summed E-state index contributed by atoms with van der Waals surface area (Å²) in [6, 6.07) is 21.6. The van der Waals surface area contributed by atoms with Gasteiger partial charge < -0.3 is 19.9 Å². The van der Waals surface area contributed by atoms with E-state index in [1.807, 2.05) is 80.6 Å². The van der Waals surface area contributed by atoms with Crippen molar-refractivity contribution in [2.75, 3.05) is 6.54 Å². The van der Waals surface area contributed by atoms with E-state index >= 15 is 0 Å². The van der Waals surface area contributed by atoms with Gasteiger partial charge in [-0.2, -0.15) is 0 Å². The number of ether oxygens (including phenoxy) is 2. The fraction of sp³-hybridized carbons (Fsp3) is 0.280. The maximum atomic E-state index is 10.5. The van der Waals surface area contributed by atoms with E-state index in [4.69, 9.17) is 9.47 Å². The van der Waals surface area contributed by atoms with E-state index < -0.39 is 6.10 Å². The first-order valence-electron chi connectivity index (χ1n) is 9.95. The molecule has 0 saturated heterocycles. The van der Waals surface area contributed by atoms with Gasteiger partial charge in [-0.1, -0.05) is 55.3 Å². The molecular weight excluding hydrogens is 362 g/mol. The molecule has 0 bridgehead atoms. The van der Waals surface area contributed by atoms with Crippen LogP contribution in [0.25, 0.3) is 0 Å². The lowest BCUT2D eigenvalue weighted by Gasteiger charge is -2.18. The Kier molecular flexibility index (Phi) is 6.91. The van der Waals surface area contributed by atoms with Crippen LogP contribution in [-0.4, -0.2) is 17.7 Å². The van der Waals surface area contributed by atoms with E-state index in [0.717, 1.165) is 22.6 Å². The Labute approximate surface area is 173 Å². The molecule has 3 aromatic carbocycles. The third-order valence-corrected chi connectivity index (χ3v) is 4.57. The number of aryl methyl sites for hydroxylation is 2. The number of aliphatic hydroxyl groups excluding tert-OH is 1. The van der Waals surface area contributed by atoms with Crippen LogP contribution < -0.4 is 14.8 Å². The summed E-state index contributed by atoms with van der Waals surface area (Å²) in [7, 11) is 0. The van der Waals surface area contributed by atoms with E-state index in [1.54, 1.807) is 0 Å². The number of hydrogen-bond acceptors (Lipinski definition) is 4. The van der Waals surface area contributed by atoms with Crippen LogP contribution in [0.1, 0.15) is 36.6 Å². The highest BCUT2D eigenvalue weighted by Crippen LogP contribution is 2.37. The molecule has 0 fully saturated rings. The fourth-order valence-electron chi connectivity index (χ4n) is 2.83. The lowest BCUT2D eigenvalue weighted by molar-refractivity contribution is 0.171. The van der Waals surface area contributed by atoms with Crippen LogP contribution in [0.5, 0.6) is 23.0 Å². The molecule has 3 rings (SSSR count). The van der Waals surface area contributed by atoms with Gasteiger partial charge >= 0.3 is 0 Å². The van der Waals surface area contributed by atoms with Gasteiger partial charge in [-0.3, -0.25) is 0 Å². The van der Waals surface area contributed by atoms with Crippen molar-refractivity contribution in [1.82, 2.24) is 5.32 Å². The second kappa shape index (κ2) is 9.59.